The molecule has 0 aliphatic rings. The van der Waals surface area contributed by atoms with E-state index >= 15 is 0 Å². The van der Waals surface area contributed by atoms with Crippen molar-refractivity contribution in [2.75, 3.05) is 6.54 Å². The number of rotatable bonds is 4. The first-order chi connectivity index (χ1) is 9.15. The van der Waals surface area contributed by atoms with E-state index in [9.17, 15) is 9.50 Å². The van der Waals surface area contributed by atoms with Gasteiger partial charge >= 0.3 is 0 Å². The molecule has 19 heavy (non-hydrogen) atoms. The Morgan fingerprint density at radius 2 is 2.11 bits per heavy atom. The Bertz CT molecular complexity index is 550. The van der Waals surface area contributed by atoms with E-state index in [4.69, 9.17) is 17.3 Å². The summed E-state index contributed by atoms with van der Waals surface area (Å²) in [4.78, 5) is 3.94. The number of pyridine rings is 1. The third-order valence-electron chi connectivity index (χ3n) is 3.04. The summed E-state index contributed by atoms with van der Waals surface area (Å²) in [7, 11) is 0. The standard InChI is InChI=1S/C14H14ClFN2O/c15-12-5-1-4-10(13(12)16)11(7-17)14(19)9-3-2-6-18-8-9/h1-6,8,11,14,19H,7,17H2. The largest absolute Gasteiger partial charge is 0.388 e. The Kier molecular flexibility index (Phi) is 4.47. The molecule has 3 N–H and O–H groups in total. The van der Waals surface area contributed by atoms with E-state index in [1.807, 2.05) is 0 Å². The maximum absolute atomic E-state index is 14.0. The summed E-state index contributed by atoms with van der Waals surface area (Å²) in [5, 5.41) is 10.3. The van der Waals surface area contributed by atoms with Crippen LogP contribution in [0.25, 0.3) is 0 Å². The Morgan fingerprint density at radius 3 is 2.74 bits per heavy atom. The molecule has 1 heterocycles. The molecular weight excluding hydrogens is 267 g/mol. The number of hydrogen-bond acceptors (Lipinski definition) is 3. The molecule has 2 atom stereocenters. The number of aliphatic hydroxyl groups excluding tert-OH is 1. The number of halogens is 2. The van der Waals surface area contributed by atoms with Crippen molar-refractivity contribution in [3.8, 4) is 0 Å². The molecule has 0 aliphatic carbocycles. The second kappa shape index (κ2) is 6.10. The van der Waals surface area contributed by atoms with Gasteiger partial charge in [0.1, 0.15) is 5.82 Å². The Balaban J connectivity index is 2.37. The fourth-order valence-corrected chi connectivity index (χ4v) is 2.20. The molecule has 1 aromatic carbocycles. The summed E-state index contributed by atoms with van der Waals surface area (Å²) in [5.74, 6) is -1.11. The predicted molar refractivity (Wildman–Crippen MR) is 72.4 cm³/mol. The first kappa shape index (κ1) is 13.9. The van der Waals surface area contributed by atoms with Crippen LogP contribution in [0.1, 0.15) is 23.1 Å². The minimum Gasteiger partial charge on any atom is -0.388 e. The maximum Gasteiger partial charge on any atom is 0.145 e. The highest BCUT2D eigenvalue weighted by atomic mass is 35.5. The van der Waals surface area contributed by atoms with Crippen LogP contribution in [-0.4, -0.2) is 16.6 Å². The van der Waals surface area contributed by atoms with Gasteiger partial charge in [0.15, 0.2) is 0 Å². The lowest BCUT2D eigenvalue weighted by Crippen LogP contribution is -2.21. The molecule has 0 saturated heterocycles. The highest BCUT2D eigenvalue weighted by molar-refractivity contribution is 6.30. The summed E-state index contributed by atoms with van der Waals surface area (Å²) in [6, 6.07) is 8.12. The van der Waals surface area contributed by atoms with Crippen LogP contribution in [0.2, 0.25) is 5.02 Å². The van der Waals surface area contributed by atoms with E-state index in [0.717, 1.165) is 0 Å². The highest BCUT2D eigenvalue weighted by Crippen LogP contribution is 2.33. The molecule has 5 heteroatoms. The summed E-state index contributed by atoms with van der Waals surface area (Å²) in [6.07, 6.45) is 2.22. The van der Waals surface area contributed by atoms with Gasteiger partial charge in [-0.3, -0.25) is 4.98 Å². The highest BCUT2D eigenvalue weighted by Gasteiger charge is 2.25. The fraction of sp³-hybridized carbons (Fsp3) is 0.214. The average Bonchev–Trinajstić information content (AvgIpc) is 2.45. The van der Waals surface area contributed by atoms with Crippen molar-refractivity contribution in [3.63, 3.8) is 0 Å². The van der Waals surface area contributed by atoms with Gasteiger partial charge in [0.2, 0.25) is 0 Å². The van der Waals surface area contributed by atoms with E-state index in [2.05, 4.69) is 4.98 Å². The van der Waals surface area contributed by atoms with Gasteiger partial charge in [0.25, 0.3) is 0 Å². The Hall–Kier alpha value is -1.49. The van der Waals surface area contributed by atoms with Crippen LogP contribution >= 0.6 is 11.6 Å². The van der Waals surface area contributed by atoms with Crippen LogP contribution in [0.3, 0.4) is 0 Å². The van der Waals surface area contributed by atoms with E-state index in [-0.39, 0.29) is 11.6 Å². The quantitative estimate of drug-likeness (QED) is 0.905. The molecule has 3 nitrogen and oxygen atoms in total. The minimum atomic E-state index is -0.924. The zero-order chi connectivity index (χ0) is 13.8. The SMILES string of the molecule is NCC(c1cccc(Cl)c1F)C(O)c1cccnc1. The van der Waals surface area contributed by atoms with Crippen molar-refractivity contribution in [1.29, 1.82) is 0 Å². The van der Waals surface area contributed by atoms with Crippen molar-refractivity contribution in [2.45, 2.75) is 12.0 Å². The van der Waals surface area contributed by atoms with E-state index in [1.165, 1.54) is 12.3 Å². The Morgan fingerprint density at radius 1 is 1.32 bits per heavy atom. The molecule has 0 radical (unpaired) electrons. The lowest BCUT2D eigenvalue weighted by atomic mass is 9.89. The number of benzene rings is 1. The number of hydrogen-bond donors (Lipinski definition) is 2. The molecule has 0 saturated carbocycles. The molecule has 1 aromatic heterocycles. The van der Waals surface area contributed by atoms with Crippen LogP contribution in [0.4, 0.5) is 4.39 Å². The molecular formula is C14H14ClFN2O. The number of aromatic nitrogens is 1. The van der Waals surface area contributed by atoms with Crippen molar-refractivity contribution in [1.82, 2.24) is 4.98 Å². The number of aliphatic hydroxyl groups is 1. The van der Waals surface area contributed by atoms with Gasteiger partial charge in [-0.05, 0) is 23.3 Å². The molecule has 0 bridgehead atoms. The van der Waals surface area contributed by atoms with Crippen molar-refractivity contribution < 1.29 is 9.50 Å². The second-order valence-electron chi connectivity index (χ2n) is 4.22. The fourth-order valence-electron chi connectivity index (χ4n) is 2.02. The summed E-state index contributed by atoms with van der Waals surface area (Å²) in [5.41, 5.74) is 6.58. The summed E-state index contributed by atoms with van der Waals surface area (Å²) < 4.78 is 14.0. The molecule has 2 rings (SSSR count). The molecule has 0 aliphatic heterocycles. The van der Waals surface area contributed by atoms with Gasteiger partial charge in [-0.25, -0.2) is 4.39 Å². The lowest BCUT2D eigenvalue weighted by molar-refractivity contribution is 0.145. The number of nitrogens with zero attached hydrogens (tertiary/aromatic N) is 1. The van der Waals surface area contributed by atoms with Gasteiger partial charge in [-0.2, -0.15) is 0 Å². The zero-order valence-corrected chi connectivity index (χ0v) is 10.9. The second-order valence-corrected chi connectivity index (χ2v) is 4.62. The smallest absolute Gasteiger partial charge is 0.145 e. The van der Waals surface area contributed by atoms with Crippen molar-refractivity contribution >= 4 is 11.6 Å². The number of nitrogens with two attached hydrogens (primary N) is 1. The van der Waals surface area contributed by atoms with Crippen LogP contribution in [0.5, 0.6) is 0 Å². The van der Waals surface area contributed by atoms with Crippen LogP contribution in [0.15, 0.2) is 42.7 Å². The summed E-state index contributed by atoms with van der Waals surface area (Å²) >= 11 is 5.76. The van der Waals surface area contributed by atoms with E-state index in [0.29, 0.717) is 11.1 Å². The van der Waals surface area contributed by atoms with Gasteiger partial charge in [-0.15, -0.1) is 0 Å². The molecule has 0 amide bonds. The van der Waals surface area contributed by atoms with Gasteiger partial charge in [0, 0.05) is 24.9 Å². The average molecular weight is 281 g/mol. The van der Waals surface area contributed by atoms with E-state index in [1.54, 1.807) is 30.5 Å². The molecule has 0 fully saturated rings. The molecule has 2 unspecified atom stereocenters. The summed E-state index contributed by atoms with van der Waals surface area (Å²) in [6.45, 7) is 0.104. The minimum absolute atomic E-state index is 0.0225. The zero-order valence-electron chi connectivity index (χ0n) is 10.1. The topological polar surface area (TPSA) is 59.1 Å². The van der Waals surface area contributed by atoms with Crippen molar-refractivity contribution in [3.05, 3.63) is 64.7 Å². The maximum atomic E-state index is 14.0. The lowest BCUT2D eigenvalue weighted by Gasteiger charge is -2.22. The van der Waals surface area contributed by atoms with Gasteiger partial charge in [-0.1, -0.05) is 29.8 Å². The van der Waals surface area contributed by atoms with E-state index < -0.39 is 17.8 Å². The third kappa shape index (κ3) is 2.92. The normalized spacial score (nSPS) is 14.1. The first-order valence-corrected chi connectivity index (χ1v) is 6.25. The molecule has 2 aromatic rings. The third-order valence-corrected chi connectivity index (χ3v) is 3.33. The van der Waals surface area contributed by atoms with Crippen LogP contribution < -0.4 is 5.73 Å². The van der Waals surface area contributed by atoms with Gasteiger partial charge in [0.05, 0.1) is 11.1 Å². The monoisotopic (exact) mass is 280 g/mol. The van der Waals surface area contributed by atoms with Gasteiger partial charge < -0.3 is 10.8 Å². The predicted octanol–water partition coefficient (Wildman–Crippen LogP) is 2.65. The molecule has 100 valence electrons. The molecule has 0 spiro atoms. The Labute approximate surface area is 115 Å². The van der Waals surface area contributed by atoms with Crippen molar-refractivity contribution in [2.24, 2.45) is 5.73 Å². The van der Waals surface area contributed by atoms with Crippen LogP contribution in [-0.2, 0) is 0 Å². The van der Waals surface area contributed by atoms with Crippen LogP contribution in [0, 0.1) is 5.82 Å². The first-order valence-electron chi connectivity index (χ1n) is 5.87.